The molecule has 0 radical (unpaired) electrons. The van der Waals surface area contributed by atoms with Crippen molar-refractivity contribution in [3.8, 4) is 5.75 Å². The van der Waals surface area contributed by atoms with Crippen molar-refractivity contribution in [1.29, 1.82) is 0 Å². The van der Waals surface area contributed by atoms with E-state index in [9.17, 15) is 9.90 Å². The summed E-state index contributed by atoms with van der Waals surface area (Å²) in [4.78, 5) is 13.4. The van der Waals surface area contributed by atoms with Gasteiger partial charge in [-0.25, -0.2) is 0 Å². The number of thioether (sulfide) groups is 1. The standard InChI is InChI=1S/C10H13NO2S/c1-7(12)11(2)8-5-4-6-9(13)10(8)14-3/h4-6,13H,1-3H3. The van der Waals surface area contributed by atoms with Crippen molar-refractivity contribution in [2.75, 3.05) is 18.2 Å². The molecule has 3 nitrogen and oxygen atoms in total. The van der Waals surface area contributed by atoms with Crippen molar-refractivity contribution in [3.05, 3.63) is 18.2 Å². The summed E-state index contributed by atoms with van der Waals surface area (Å²) in [6, 6.07) is 5.15. The highest BCUT2D eigenvalue weighted by molar-refractivity contribution is 7.98. The van der Waals surface area contributed by atoms with Crippen molar-refractivity contribution in [3.63, 3.8) is 0 Å². The molecule has 0 fully saturated rings. The number of aromatic hydroxyl groups is 1. The molecule has 4 heteroatoms. The normalized spacial score (nSPS) is 9.93. The molecule has 0 heterocycles. The van der Waals surface area contributed by atoms with Gasteiger partial charge in [0, 0.05) is 14.0 Å². The molecule has 1 aromatic carbocycles. The molecule has 14 heavy (non-hydrogen) atoms. The minimum Gasteiger partial charge on any atom is -0.507 e. The second kappa shape index (κ2) is 4.37. The molecule has 1 N–H and O–H groups in total. The van der Waals surface area contributed by atoms with Gasteiger partial charge in [0.1, 0.15) is 5.75 Å². The first-order chi connectivity index (χ1) is 6.57. The fraction of sp³-hybridized carbons (Fsp3) is 0.300. The molecule has 0 aliphatic heterocycles. The molecule has 0 aliphatic carbocycles. The molecule has 0 saturated carbocycles. The average molecular weight is 211 g/mol. The van der Waals surface area contributed by atoms with E-state index >= 15 is 0 Å². The number of hydrogen-bond acceptors (Lipinski definition) is 3. The molecule has 0 spiro atoms. The fourth-order valence-corrected chi connectivity index (χ4v) is 1.85. The van der Waals surface area contributed by atoms with Crippen LogP contribution in [-0.4, -0.2) is 24.3 Å². The smallest absolute Gasteiger partial charge is 0.223 e. The molecule has 0 aromatic heterocycles. The first-order valence-electron chi connectivity index (χ1n) is 4.18. The molecule has 1 rings (SSSR count). The van der Waals surface area contributed by atoms with Crippen molar-refractivity contribution >= 4 is 23.4 Å². The fourth-order valence-electron chi connectivity index (χ4n) is 1.16. The van der Waals surface area contributed by atoms with Gasteiger partial charge in [0.2, 0.25) is 5.91 Å². The number of carbonyl (C=O) groups is 1. The zero-order chi connectivity index (χ0) is 10.7. The van der Waals surface area contributed by atoms with Crippen LogP contribution in [0.5, 0.6) is 5.75 Å². The van der Waals surface area contributed by atoms with Crippen LogP contribution >= 0.6 is 11.8 Å². The van der Waals surface area contributed by atoms with E-state index in [1.165, 1.54) is 23.6 Å². The lowest BCUT2D eigenvalue weighted by Crippen LogP contribution is -2.23. The summed E-state index contributed by atoms with van der Waals surface area (Å²) < 4.78 is 0. The van der Waals surface area contributed by atoms with E-state index in [2.05, 4.69) is 0 Å². The van der Waals surface area contributed by atoms with Gasteiger partial charge in [0.15, 0.2) is 0 Å². The number of phenolic OH excluding ortho intramolecular Hbond substituents is 1. The highest BCUT2D eigenvalue weighted by atomic mass is 32.2. The predicted octanol–water partition coefficient (Wildman–Crippen LogP) is 2.10. The maximum atomic E-state index is 11.2. The van der Waals surface area contributed by atoms with Gasteiger partial charge < -0.3 is 10.0 Å². The van der Waals surface area contributed by atoms with Gasteiger partial charge >= 0.3 is 0 Å². The van der Waals surface area contributed by atoms with Gasteiger partial charge in [-0.3, -0.25) is 4.79 Å². The minimum atomic E-state index is -0.0501. The van der Waals surface area contributed by atoms with Gasteiger partial charge in [-0.1, -0.05) is 6.07 Å². The molecule has 1 amide bonds. The van der Waals surface area contributed by atoms with Crippen LogP contribution in [0, 0.1) is 0 Å². The Hall–Kier alpha value is -1.16. The van der Waals surface area contributed by atoms with Crippen LogP contribution in [0.25, 0.3) is 0 Å². The molecule has 0 aliphatic rings. The molecule has 1 aromatic rings. The summed E-state index contributed by atoms with van der Waals surface area (Å²) in [7, 11) is 1.69. The van der Waals surface area contributed by atoms with Crippen molar-refractivity contribution in [2.24, 2.45) is 0 Å². The molecule has 76 valence electrons. The number of rotatable bonds is 2. The summed E-state index contributed by atoms with van der Waals surface area (Å²) in [5.74, 6) is 0.161. The number of benzene rings is 1. The monoisotopic (exact) mass is 211 g/mol. The summed E-state index contributed by atoms with van der Waals surface area (Å²) in [5, 5.41) is 9.56. The molecular formula is C10H13NO2S. The van der Waals surface area contributed by atoms with E-state index in [4.69, 9.17) is 0 Å². The van der Waals surface area contributed by atoms with Crippen molar-refractivity contribution < 1.29 is 9.90 Å². The number of amides is 1. The first kappa shape index (κ1) is 10.9. The minimum absolute atomic E-state index is 0.0501. The Morgan fingerprint density at radius 2 is 2.14 bits per heavy atom. The van der Waals surface area contributed by atoms with Gasteiger partial charge in [0.05, 0.1) is 10.6 Å². The molecular weight excluding hydrogens is 198 g/mol. The zero-order valence-electron chi connectivity index (χ0n) is 8.44. The number of anilines is 1. The topological polar surface area (TPSA) is 40.5 Å². The Labute approximate surface area is 87.7 Å². The van der Waals surface area contributed by atoms with Crippen LogP contribution in [0.4, 0.5) is 5.69 Å². The summed E-state index contributed by atoms with van der Waals surface area (Å²) in [5.41, 5.74) is 0.741. The average Bonchev–Trinajstić information content (AvgIpc) is 2.16. The quantitative estimate of drug-likeness (QED) is 0.761. The SMILES string of the molecule is CSc1c(O)cccc1N(C)C(C)=O. The van der Waals surface area contributed by atoms with E-state index in [0.29, 0.717) is 0 Å². The van der Waals surface area contributed by atoms with Crippen LogP contribution < -0.4 is 4.90 Å². The van der Waals surface area contributed by atoms with E-state index in [-0.39, 0.29) is 11.7 Å². The molecule has 0 atom stereocenters. The third-order valence-electron chi connectivity index (χ3n) is 2.01. The van der Waals surface area contributed by atoms with Gasteiger partial charge in [-0.15, -0.1) is 11.8 Å². The van der Waals surface area contributed by atoms with E-state index in [1.807, 2.05) is 12.3 Å². The van der Waals surface area contributed by atoms with Crippen molar-refractivity contribution in [2.45, 2.75) is 11.8 Å². The molecule has 0 bridgehead atoms. The second-order valence-corrected chi connectivity index (χ2v) is 3.72. The maximum absolute atomic E-state index is 11.2. The Balaban J connectivity index is 3.20. The van der Waals surface area contributed by atoms with Crippen LogP contribution in [0.3, 0.4) is 0 Å². The number of carbonyl (C=O) groups excluding carboxylic acids is 1. The van der Waals surface area contributed by atoms with Crippen LogP contribution in [0.1, 0.15) is 6.92 Å². The second-order valence-electron chi connectivity index (χ2n) is 2.91. The molecule has 0 unspecified atom stereocenters. The third-order valence-corrected chi connectivity index (χ3v) is 2.84. The van der Waals surface area contributed by atoms with Gasteiger partial charge in [0.25, 0.3) is 0 Å². The highest BCUT2D eigenvalue weighted by Gasteiger charge is 2.12. The van der Waals surface area contributed by atoms with Crippen LogP contribution in [0.15, 0.2) is 23.1 Å². The maximum Gasteiger partial charge on any atom is 0.223 e. The lowest BCUT2D eigenvalue weighted by Gasteiger charge is -2.18. The Morgan fingerprint density at radius 1 is 1.50 bits per heavy atom. The number of phenols is 1. The Bertz CT molecular complexity index is 352. The van der Waals surface area contributed by atoms with Crippen LogP contribution in [-0.2, 0) is 4.79 Å². The zero-order valence-corrected chi connectivity index (χ0v) is 9.26. The first-order valence-corrected chi connectivity index (χ1v) is 5.40. The third kappa shape index (κ3) is 2.01. The largest absolute Gasteiger partial charge is 0.507 e. The van der Waals surface area contributed by atoms with E-state index in [1.54, 1.807) is 19.2 Å². The lowest BCUT2D eigenvalue weighted by molar-refractivity contribution is -0.116. The van der Waals surface area contributed by atoms with Crippen LogP contribution in [0.2, 0.25) is 0 Å². The number of hydrogen-bond donors (Lipinski definition) is 1. The lowest BCUT2D eigenvalue weighted by atomic mass is 10.3. The molecule has 0 saturated heterocycles. The number of nitrogens with zero attached hydrogens (tertiary/aromatic N) is 1. The van der Waals surface area contributed by atoms with E-state index in [0.717, 1.165) is 10.6 Å². The summed E-state index contributed by atoms with van der Waals surface area (Å²) in [6.07, 6.45) is 1.87. The van der Waals surface area contributed by atoms with E-state index < -0.39 is 0 Å². The highest BCUT2D eigenvalue weighted by Crippen LogP contribution is 2.35. The Morgan fingerprint density at radius 3 is 2.64 bits per heavy atom. The van der Waals surface area contributed by atoms with Gasteiger partial charge in [-0.05, 0) is 18.4 Å². The predicted molar refractivity (Wildman–Crippen MR) is 59.0 cm³/mol. The summed E-state index contributed by atoms with van der Waals surface area (Å²) >= 11 is 1.42. The summed E-state index contributed by atoms with van der Waals surface area (Å²) in [6.45, 7) is 1.49. The van der Waals surface area contributed by atoms with Crippen molar-refractivity contribution in [1.82, 2.24) is 0 Å². The van der Waals surface area contributed by atoms with Gasteiger partial charge in [-0.2, -0.15) is 0 Å². The Kier molecular flexibility index (Phi) is 3.41.